The maximum absolute atomic E-state index is 12.0. The molecule has 0 aliphatic heterocycles. The average Bonchev–Trinajstić information content (AvgIpc) is 3.46. The van der Waals surface area contributed by atoms with Gasteiger partial charge >= 0.3 is 0 Å². The molecule has 29 heavy (non-hydrogen) atoms. The zero-order valence-electron chi connectivity index (χ0n) is 18.0. The van der Waals surface area contributed by atoms with Crippen LogP contribution in [0, 0.1) is 11.8 Å². The van der Waals surface area contributed by atoms with Gasteiger partial charge in [-0.2, -0.15) is 0 Å². The zero-order chi connectivity index (χ0) is 20.2. The SMILES string of the molecule is CCNC(=NCc1cccc(NC(=O)CC(C)C)c1)NCCCOCC1CC1.I. The van der Waals surface area contributed by atoms with Crippen LogP contribution in [0.3, 0.4) is 0 Å². The van der Waals surface area contributed by atoms with Crippen molar-refractivity contribution in [2.45, 2.75) is 53.0 Å². The highest BCUT2D eigenvalue weighted by Gasteiger charge is 2.20. The van der Waals surface area contributed by atoms with E-state index in [1.54, 1.807) is 0 Å². The monoisotopic (exact) mass is 516 g/mol. The van der Waals surface area contributed by atoms with Gasteiger partial charge in [0, 0.05) is 38.4 Å². The highest BCUT2D eigenvalue weighted by molar-refractivity contribution is 14.0. The maximum Gasteiger partial charge on any atom is 0.224 e. The number of nitrogens with zero attached hydrogens (tertiary/aromatic N) is 1. The van der Waals surface area contributed by atoms with Crippen molar-refractivity contribution in [1.29, 1.82) is 0 Å². The minimum absolute atomic E-state index is 0. The van der Waals surface area contributed by atoms with Gasteiger partial charge in [-0.1, -0.05) is 26.0 Å². The third-order valence-corrected chi connectivity index (χ3v) is 4.38. The first-order chi connectivity index (χ1) is 13.6. The molecule has 1 aliphatic carbocycles. The summed E-state index contributed by atoms with van der Waals surface area (Å²) >= 11 is 0. The lowest BCUT2D eigenvalue weighted by Crippen LogP contribution is -2.38. The Balaban J connectivity index is 0.00000420. The van der Waals surface area contributed by atoms with Crippen LogP contribution in [0.25, 0.3) is 0 Å². The van der Waals surface area contributed by atoms with E-state index in [-0.39, 0.29) is 29.9 Å². The molecule has 1 saturated carbocycles. The number of amides is 1. The third-order valence-electron chi connectivity index (χ3n) is 4.38. The van der Waals surface area contributed by atoms with E-state index < -0.39 is 0 Å². The summed E-state index contributed by atoms with van der Waals surface area (Å²) in [5, 5.41) is 9.58. The quantitative estimate of drug-likeness (QED) is 0.169. The maximum atomic E-state index is 12.0. The number of aliphatic imine (C=N–C) groups is 1. The number of nitrogens with one attached hydrogen (secondary N) is 3. The second-order valence-corrected chi connectivity index (χ2v) is 7.84. The summed E-state index contributed by atoms with van der Waals surface area (Å²) in [6, 6.07) is 7.87. The van der Waals surface area contributed by atoms with Gasteiger partial charge in [-0.25, -0.2) is 4.99 Å². The predicted octanol–water partition coefficient (Wildman–Crippen LogP) is 4.16. The fraction of sp³-hybridized carbons (Fsp3) is 0.636. The Bertz CT molecular complexity index is 633. The predicted molar refractivity (Wildman–Crippen MR) is 131 cm³/mol. The molecule has 3 N–H and O–H groups in total. The topological polar surface area (TPSA) is 74.8 Å². The van der Waals surface area contributed by atoms with Crippen molar-refractivity contribution in [3.63, 3.8) is 0 Å². The Hall–Kier alpha value is -1.35. The summed E-state index contributed by atoms with van der Waals surface area (Å²) < 4.78 is 5.66. The Labute approximate surface area is 192 Å². The smallest absolute Gasteiger partial charge is 0.224 e. The summed E-state index contributed by atoms with van der Waals surface area (Å²) in [6.45, 7) is 10.1. The van der Waals surface area contributed by atoms with Crippen LogP contribution in [-0.2, 0) is 16.1 Å². The van der Waals surface area contributed by atoms with Gasteiger partial charge in [0.1, 0.15) is 0 Å². The lowest BCUT2D eigenvalue weighted by molar-refractivity contribution is -0.116. The van der Waals surface area contributed by atoms with E-state index in [0.717, 1.165) is 55.9 Å². The molecule has 1 fully saturated rings. The van der Waals surface area contributed by atoms with Crippen LogP contribution in [-0.4, -0.2) is 38.2 Å². The average molecular weight is 516 g/mol. The van der Waals surface area contributed by atoms with Crippen molar-refractivity contribution < 1.29 is 9.53 Å². The summed E-state index contributed by atoms with van der Waals surface area (Å²) in [6.07, 6.45) is 4.16. The second kappa shape index (κ2) is 14.6. The standard InChI is InChI=1S/C22H36N4O2.HI/c1-4-23-22(24-11-6-12-28-16-18-9-10-18)25-15-19-7-5-8-20(14-19)26-21(27)13-17(2)3;/h5,7-8,14,17-18H,4,6,9-13,15-16H2,1-3H3,(H,26,27)(H2,23,24,25);1H. The van der Waals surface area contributed by atoms with Crippen molar-refractivity contribution >= 4 is 41.5 Å². The van der Waals surface area contributed by atoms with E-state index in [1.807, 2.05) is 38.1 Å². The molecule has 0 radical (unpaired) electrons. The van der Waals surface area contributed by atoms with Gasteiger partial charge in [-0.15, -0.1) is 24.0 Å². The highest BCUT2D eigenvalue weighted by atomic mass is 127. The molecule has 7 heteroatoms. The summed E-state index contributed by atoms with van der Waals surface area (Å²) in [4.78, 5) is 16.6. The van der Waals surface area contributed by atoms with Crippen LogP contribution < -0.4 is 16.0 Å². The number of ether oxygens (including phenoxy) is 1. The minimum Gasteiger partial charge on any atom is -0.381 e. The molecule has 1 amide bonds. The number of guanidine groups is 1. The third kappa shape index (κ3) is 12.1. The number of anilines is 1. The van der Waals surface area contributed by atoms with Gasteiger partial charge in [-0.3, -0.25) is 4.79 Å². The second-order valence-electron chi connectivity index (χ2n) is 7.84. The molecule has 164 valence electrons. The molecule has 0 heterocycles. The molecule has 1 aromatic rings. The number of halogens is 1. The number of carbonyl (C=O) groups is 1. The molecule has 0 spiro atoms. The van der Waals surface area contributed by atoms with E-state index in [9.17, 15) is 4.79 Å². The molecule has 6 nitrogen and oxygen atoms in total. The van der Waals surface area contributed by atoms with E-state index in [2.05, 4.69) is 27.9 Å². The summed E-state index contributed by atoms with van der Waals surface area (Å²) in [7, 11) is 0. The molecule has 0 saturated heterocycles. The number of hydrogen-bond donors (Lipinski definition) is 3. The van der Waals surface area contributed by atoms with Gasteiger partial charge in [0.2, 0.25) is 5.91 Å². The molecule has 0 aromatic heterocycles. The number of benzene rings is 1. The normalized spacial score (nSPS) is 13.7. The zero-order valence-corrected chi connectivity index (χ0v) is 20.3. The Morgan fingerprint density at radius 1 is 1.28 bits per heavy atom. The van der Waals surface area contributed by atoms with Gasteiger partial charge in [-0.05, 0) is 55.7 Å². The highest BCUT2D eigenvalue weighted by Crippen LogP contribution is 2.28. The van der Waals surface area contributed by atoms with Crippen LogP contribution in [0.2, 0.25) is 0 Å². The van der Waals surface area contributed by atoms with Crippen molar-refractivity contribution in [3.8, 4) is 0 Å². The first-order valence-electron chi connectivity index (χ1n) is 10.6. The largest absolute Gasteiger partial charge is 0.381 e. The van der Waals surface area contributed by atoms with Crippen LogP contribution in [0.5, 0.6) is 0 Å². The summed E-state index contributed by atoms with van der Waals surface area (Å²) in [5.41, 5.74) is 1.89. The summed E-state index contributed by atoms with van der Waals surface area (Å²) in [5.74, 6) is 2.02. The Morgan fingerprint density at radius 3 is 2.76 bits per heavy atom. The molecule has 0 atom stereocenters. The van der Waals surface area contributed by atoms with Gasteiger partial charge in [0.25, 0.3) is 0 Å². The van der Waals surface area contributed by atoms with Crippen LogP contribution in [0.1, 0.15) is 52.0 Å². The van der Waals surface area contributed by atoms with Crippen LogP contribution in [0.4, 0.5) is 5.69 Å². The van der Waals surface area contributed by atoms with Gasteiger partial charge in [0.05, 0.1) is 6.54 Å². The van der Waals surface area contributed by atoms with E-state index in [0.29, 0.717) is 18.9 Å². The van der Waals surface area contributed by atoms with Crippen molar-refractivity contribution in [1.82, 2.24) is 10.6 Å². The van der Waals surface area contributed by atoms with E-state index in [4.69, 9.17) is 4.74 Å². The molecular weight excluding hydrogens is 479 g/mol. The van der Waals surface area contributed by atoms with Gasteiger partial charge < -0.3 is 20.7 Å². The first-order valence-corrected chi connectivity index (χ1v) is 10.6. The molecule has 0 unspecified atom stereocenters. The molecule has 0 bridgehead atoms. The fourth-order valence-electron chi connectivity index (χ4n) is 2.76. The molecular formula is C22H37IN4O2. The van der Waals surface area contributed by atoms with Crippen molar-refractivity contribution in [2.24, 2.45) is 16.8 Å². The van der Waals surface area contributed by atoms with E-state index in [1.165, 1.54) is 12.8 Å². The number of rotatable bonds is 12. The van der Waals surface area contributed by atoms with E-state index >= 15 is 0 Å². The lowest BCUT2D eigenvalue weighted by atomic mass is 10.1. The number of carbonyl (C=O) groups excluding carboxylic acids is 1. The molecule has 1 aromatic carbocycles. The molecule has 1 aliphatic rings. The van der Waals surface area contributed by atoms with Crippen molar-refractivity contribution in [3.05, 3.63) is 29.8 Å². The lowest BCUT2D eigenvalue weighted by Gasteiger charge is -2.12. The van der Waals surface area contributed by atoms with Crippen LogP contribution in [0.15, 0.2) is 29.3 Å². The Morgan fingerprint density at radius 2 is 2.07 bits per heavy atom. The van der Waals surface area contributed by atoms with Crippen molar-refractivity contribution in [2.75, 3.05) is 31.6 Å². The first kappa shape index (κ1) is 25.7. The Kier molecular flexibility index (Phi) is 12.9. The fourth-order valence-corrected chi connectivity index (χ4v) is 2.76. The number of hydrogen-bond acceptors (Lipinski definition) is 3. The van der Waals surface area contributed by atoms with Gasteiger partial charge in [0.15, 0.2) is 5.96 Å². The minimum atomic E-state index is 0. The van der Waals surface area contributed by atoms with Crippen LogP contribution >= 0.6 is 24.0 Å². The molecule has 2 rings (SSSR count).